The maximum absolute atomic E-state index is 12.5. The lowest BCUT2D eigenvalue weighted by molar-refractivity contribution is 0.00171. The average Bonchev–Trinajstić information content (AvgIpc) is 2.74. The van der Waals surface area contributed by atoms with Crippen LogP contribution in [0.5, 0.6) is 5.75 Å². The number of hydrogen-bond acceptors (Lipinski definition) is 6. The van der Waals surface area contributed by atoms with Gasteiger partial charge >= 0.3 is 0 Å². The third-order valence-corrected chi connectivity index (χ3v) is 5.50. The molecule has 0 aromatic heterocycles. The summed E-state index contributed by atoms with van der Waals surface area (Å²) in [6.07, 6.45) is -2.35. The van der Waals surface area contributed by atoms with E-state index in [1.807, 2.05) is 0 Å². The second-order valence-electron chi connectivity index (χ2n) is 5.18. The van der Waals surface area contributed by atoms with Crippen molar-refractivity contribution in [3.63, 3.8) is 0 Å². The molecule has 0 unspecified atom stereocenters. The molecule has 0 bridgehead atoms. The van der Waals surface area contributed by atoms with Gasteiger partial charge in [-0.2, -0.15) is 0 Å². The summed E-state index contributed by atoms with van der Waals surface area (Å²) in [5.41, 5.74) is 0. The van der Waals surface area contributed by atoms with Gasteiger partial charge in [0.2, 0.25) is 10.0 Å². The van der Waals surface area contributed by atoms with Crippen molar-refractivity contribution in [2.24, 2.45) is 5.92 Å². The van der Waals surface area contributed by atoms with Crippen molar-refractivity contribution >= 4 is 21.6 Å². The average molecular weight is 352 g/mol. The summed E-state index contributed by atoms with van der Waals surface area (Å²) in [5.74, 6) is -0.465. The van der Waals surface area contributed by atoms with Gasteiger partial charge in [0, 0.05) is 17.5 Å². The maximum Gasteiger partial charge on any atom is 0.244 e. The smallest absolute Gasteiger partial charge is 0.244 e. The number of hydrogen-bond donors (Lipinski definition) is 4. The molecule has 1 aliphatic carbocycles. The lowest BCUT2D eigenvalue weighted by atomic mass is 10.1. The molecule has 1 saturated carbocycles. The first kappa shape index (κ1) is 17.5. The molecule has 0 amide bonds. The van der Waals surface area contributed by atoms with E-state index in [4.69, 9.17) is 21.4 Å². The van der Waals surface area contributed by atoms with Crippen molar-refractivity contribution in [1.82, 2.24) is 4.72 Å². The Labute approximate surface area is 133 Å². The number of benzene rings is 1. The highest BCUT2D eigenvalue weighted by atomic mass is 35.5. The topological polar surface area (TPSA) is 116 Å². The zero-order chi connectivity index (χ0) is 16.5. The highest BCUT2D eigenvalue weighted by molar-refractivity contribution is 7.89. The first-order valence-electron chi connectivity index (χ1n) is 6.63. The minimum absolute atomic E-state index is 0.114. The lowest BCUT2D eigenvalue weighted by Gasteiger charge is -2.19. The molecule has 0 heterocycles. The molecule has 124 valence electrons. The first-order valence-corrected chi connectivity index (χ1v) is 8.49. The zero-order valence-corrected chi connectivity index (χ0v) is 13.4. The van der Waals surface area contributed by atoms with E-state index < -0.39 is 34.2 Å². The fourth-order valence-electron chi connectivity index (χ4n) is 2.55. The van der Waals surface area contributed by atoms with Crippen LogP contribution in [0.1, 0.15) is 6.42 Å². The van der Waals surface area contributed by atoms with Crippen molar-refractivity contribution in [3.8, 4) is 5.75 Å². The van der Waals surface area contributed by atoms with E-state index in [1.54, 1.807) is 0 Å². The van der Waals surface area contributed by atoms with Crippen LogP contribution >= 0.6 is 11.6 Å². The van der Waals surface area contributed by atoms with Crippen molar-refractivity contribution in [1.29, 1.82) is 0 Å². The van der Waals surface area contributed by atoms with Crippen LogP contribution in [0.3, 0.4) is 0 Å². The largest absolute Gasteiger partial charge is 0.495 e. The zero-order valence-electron chi connectivity index (χ0n) is 11.8. The van der Waals surface area contributed by atoms with Crippen LogP contribution in [0.2, 0.25) is 5.02 Å². The molecule has 1 aromatic rings. The number of ether oxygens (including phenoxy) is 1. The third-order valence-electron chi connectivity index (χ3n) is 3.76. The molecule has 4 N–H and O–H groups in total. The van der Waals surface area contributed by atoms with Gasteiger partial charge < -0.3 is 20.1 Å². The second kappa shape index (κ2) is 6.69. The monoisotopic (exact) mass is 351 g/mol. The molecule has 4 atom stereocenters. The number of sulfonamides is 1. The van der Waals surface area contributed by atoms with Crippen LogP contribution in [0, 0.1) is 5.92 Å². The van der Waals surface area contributed by atoms with Gasteiger partial charge in [0.15, 0.2) is 0 Å². The number of halogens is 1. The standard InChI is InChI=1S/C13H18ClNO6S/c1-21-10-3-2-8(14)5-11(10)22(19,20)15-9-4-7(6-16)12(17)13(9)18/h2-3,5,7,9,12-13,15-18H,4,6H2,1H3/t7-,9-,12-,13+/m1/s1. The molecule has 1 fully saturated rings. The van der Waals surface area contributed by atoms with Gasteiger partial charge in [-0.3, -0.25) is 0 Å². The van der Waals surface area contributed by atoms with Gasteiger partial charge in [0.05, 0.1) is 25.4 Å². The highest BCUT2D eigenvalue weighted by Gasteiger charge is 2.43. The number of aliphatic hydroxyl groups excluding tert-OH is 3. The molecule has 0 aliphatic heterocycles. The summed E-state index contributed by atoms with van der Waals surface area (Å²) in [4.78, 5) is -0.156. The second-order valence-corrected chi connectivity index (χ2v) is 7.30. The van der Waals surface area contributed by atoms with Crippen LogP contribution in [-0.4, -0.2) is 55.7 Å². The summed E-state index contributed by atoms with van der Waals surface area (Å²) in [5, 5.41) is 29.0. The Hall–Kier alpha value is -0.900. The van der Waals surface area contributed by atoms with Gasteiger partial charge in [0.25, 0.3) is 0 Å². The van der Waals surface area contributed by atoms with E-state index in [0.29, 0.717) is 0 Å². The predicted molar refractivity (Wildman–Crippen MR) is 79.3 cm³/mol. The van der Waals surface area contributed by atoms with Crippen LogP contribution in [0.4, 0.5) is 0 Å². The van der Waals surface area contributed by atoms with Crippen LogP contribution in [-0.2, 0) is 10.0 Å². The van der Waals surface area contributed by atoms with E-state index in [-0.39, 0.29) is 28.7 Å². The highest BCUT2D eigenvalue weighted by Crippen LogP contribution is 2.30. The molecule has 0 spiro atoms. The Morgan fingerprint density at radius 2 is 2.05 bits per heavy atom. The van der Waals surface area contributed by atoms with E-state index in [9.17, 15) is 18.6 Å². The van der Waals surface area contributed by atoms with Crippen molar-refractivity contribution in [2.45, 2.75) is 29.6 Å². The first-order chi connectivity index (χ1) is 10.3. The van der Waals surface area contributed by atoms with Crippen LogP contribution in [0.25, 0.3) is 0 Å². The summed E-state index contributed by atoms with van der Waals surface area (Å²) >= 11 is 5.82. The Kier molecular flexibility index (Phi) is 5.31. The number of rotatable bonds is 5. The van der Waals surface area contributed by atoms with Gasteiger partial charge in [-0.1, -0.05) is 11.6 Å². The Morgan fingerprint density at radius 3 is 2.59 bits per heavy atom. The van der Waals surface area contributed by atoms with Gasteiger partial charge in [-0.25, -0.2) is 13.1 Å². The van der Waals surface area contributed by atoms with E-state index in [1.165, 1.54) is 25.3 Å². The normalized spacial score (nSPS) is 28.8. The van der Waals surface area contributed by atoms with Crippen molar-refractivity contribution < 1.29 is 28.5 Å². The Bertz CT molecular complexity index is 637. The summed E-state index contributed by atoms with van der Waals surface area (Å²) in [6, 6.07) is 3.26. The molecule has 1 aromatic carbocycles. The van der Waals surface area contributed by atoms with Gasteiger partial charge in [0.1, 0.15) is 10.6 Å². The van der Waals surface area contributed by atoms with Gasteiger partial charge in [-0.15, -0.1) is 0 Å². The molecular weight excluding hydrogens is 334 g/mol. The molecule has 0 saturated heterocycles. The fourth-order valence-corrected chi connectivity index (χ4v) is 4.24. The predicted octanol–water partition coefficient (Wildman–Crippen LogP) is -0.270. The van der Waals surface area contributed by atoms with Crippen molar-refractivity contribution in [3.05, 3.63) is 23.2 Å². The summed E-state index contributed by atoms with van der Waals surface area (Å²) in [6.45, 7) is -0.336. The molecule has 1 aliphatic rings. The lowest BCUT2D eigenvalue weighted by Crippen LogP contribution is -2.43. The van der Waals surface area contributed by atoms with Crippen LogP contribution < -0.4 is 9.46 Å². The molecular formula is C13H18ClNO6S. The minimum atomic E-state index is -4.01. The third kappa shape index (κ3) is 3.37. The van der Waals surface area contributed by atoms with Crippen molar-refractivity contribution in [2.75, 3.05) is 13.7 Å². The number of aliphatic hydroxyl groups is 3. The molecule has 2 rings (SSSR count). The molecule has 7 nitrogen and oxygen atoms in total. The quantitative estimate of drug-likeness (QED) is 0.580. The molecule has 0 radical (unpaired) electrons. The van der Waals surface area contributed by atoms with Gasteiger partial charge in [-0.05, 0) is 24.6 Å². The Balaban J connectivity index is 2.27. The SMILES string of the molecule is COc1ccc(Cl)cc1S(=O)(=O)N[C@@H]1C[C@H](CO)[C@@H](O)[C@H]1O. The van der Waals surface area contributed by atoms with Crippen LogP contribution in [0.15, 0.2) is 23.1 Å². The van der Waals surface area contributed by atoms with E-state index in [2.05, 4.69) is 4.72 Å². The fraction of sp³-hybridized carbons (Fsp3) is 0.538. The van der Waals surface area contributed by atoms with E-state index in [0.717, 1.165) is 0 Å². The molecule has 22 heavy (non-hydrogen) atoms. The maximum atomic E-state index is 12.5. The summed E-state index contributed by atoms with van der Waals surface area (Å²) in [7, 11) is -2.68. The van der Waals surface area contributed by atoms with E-state index >= 15 is 0 Å². The molecule has 9 heteroatoms. The number of nitrogens with one attached hydrogen (secondary N) is 1. The summed E-state index contributed by atoms with van der Waals surface area (Å²) < 4.78 is 32.3. The minimum Gasteiger partial charge on any atom is -0.495 e. The Morgan fingerprint density at radius 1 is 1.36 bits per heavy atom. The number of methoxy groups -OCH3 is 1.